The number of likely N-dealkylation sites (tertiary alicyclic amines) is 1. The highest BCUT2D eigenvalue weighted by Gasteiger charge is 2.31. The van der Waals surface area contributed by atoms with Crippen molar-refractivity contribution in [2.45, 2.75) is 38.6 Å². The second-order valence-corrected chi connectivity index (χ2v) is 9.50. The van der Waals surface area contributed by atoms with Crippen LogP contribution in [-0.2, 0) is 6.42 Å². The van der Waals surface area contributed by atoms with E-state index in [1.54, 1.807) is 7.05 Å². The zero-order chi connectivity index (χ0) is 22.2. The Hall–Kier alpha value is -3.19. The van der Waals surface area contributed by atoms with E-state index in [0.717, 1.165) is 56.4 Å². The van der Waals surface area contributed by atoms with Gasteiger partial charge >= 0.3 is 0 Å². The van der Waals surface area contributed by atoms with Gasteiger partial charge in [-0.3, -0.25) is 9.59 Å². The van der Waals surface area contributed by atoms with E-state index < -0.39 is 0 Å². The molecule has 2 aromatic heterocycles. The maximum absolute atomic E-state index is 13.5. The Bertz CT molecular complexity index is 1320. The number of thiophene rings is 1. The Morgan fingerprint density at radius 3 is 2.91 bits per heavy atom. The number of amides is 2. The largest absolute Gasteiger partial charge is 0.354 e. The molecule has 2 N–H and O–H groups in total. The van der Waals surface area contributed by atoms with E-state index in [1.165, 1.54) is 11.3 Å². The molecule has 32 heavy (non-hydrogen) atoms. The summed E-state index contributed by atoms with van der Waals surface area (Å²) < 4.78 is 1.10. The molecule has 1 aliphatic heterocycles. The molecular formula is C25H26N4O2S. The summed E-state index contributed by atoms with van der Waals surface area (Å²) in [4.78, 5) is 36.6. The van der Waals surface area contributed by atoms with Crippen LogP contribution in [0.5, 0.6) is 0 Å². The second-order valence-electron chi connectivity index (χ2n) is 8.44. The molecule has 164 valence electrons. The first-order chi connectivity index (χ1) is 15.5. The number of fused-ring (bicyclic) bond motifs is 2. The number of carbonyl (C=O) groups is 2. The van der Waals surface area contributed by atoms with Gasteiger partial charge in [-0.05, 0) is 67.3 Å². The molecule has 1 aliphatic rings. The predicted octanol–water partition coefficient (Wildman–Crippen LogP) is 4.68. The first-order valence-corrected chi connectivity index (χ1v) is 11.9. The molecule has 5 rings (SSSR count). The number of hydrogen-bond acceptors (Lipinski definition) is 4. The predicted molar refractivity (Wildman–Crippen MR) is 128 cm³/mol. The number of aromatic amines is 1. The summed E-state index contributed by atoms with van der Waals surface area (Å²) in [6, 6.07) is 14.1. The summed E-state index contributed by atoms with van der Waals surface area (Å²) in [5.74, 6) is 0.256. The number of benzene rings is 2. The summed E-state index contributed by atoms with van der Waals surface area (Å²) in [5, 5.41) is 3.88. The fourth-order valence-corrected chi connectivity index (χ4v) is 5.85. The van der Waals surface area contributed by atoms with Gasteiger partial charge in [0.05, 0.1) is 15.9 Å². The molecule has 0 radical (unpaired) electrons. The lowest BCUT2D eigenvalue weighted by Crippen LogP contribution is -2.45. The topological polar surface area (TPSA) is 78.1 Å². The number of carbonyl (C=O) groups excluding carboxylic acids is 2. The number of imidazole rings is 1. The van der Waals surface area contributed by atoms with Crippen LogP contribution in [-0.4, -0.2) is 46.3 Å². The average molecular weight is 447 g/mol. The summed E-state index contributed by atoms with van der Waals surface area (Å²) in [6.45, 7) is 2.73. The lowest BCUT2D eigenvalue weighted by Gasteiger charge is -2.35. The average Bonchev–Trinajstić information content (AvgIpc) is 3.40. The quantitative estimate of drug-likeness (QED) is 0.478. The van der Waals surface area contributed by atoms with Crippen LogP contribution in [0.1, 0.15) is 50.7 Å². The van der Waals surface area contributed by atoms with E-state index in [4.69, 9.17) is 0 Å². The summed E-state index contributed by atoms with van der Waals surface area (Å²) in [5.41, 5.74) is 3.85. The van der Waals surface area contributed by atoms with Crippen LogP contribution in [0.3, 0.4) is 0 Å². The summed E-state index contributed by atoms with van der Waals surface area (Å²) in [6.07, 6.45) is 3.64. The molecule has 0 aliphatic carbocycles. The molecular weight excluding hydrogens is 420 g/mol. The molecule has 0 bridgehead atoms. The molecule has 4 aromatic rings. The molecule has 0 spiro atoms. The van der Waals surface area contributed by atoms with E-state index >= 15 is 0 Å². The highest BCUT2D eigenvalue weighted by molar-refractivity contribution is 7.21. The lowest BCUT2D eigenvalue weighted by atomic mass is 9.93. The van der Waals surface area contributed by atoms with Gasteiger partial charge in [0.15, 0.2) is 5.82 Å². The van der Waals surface area contributed by atoms with Crippen LogP contribution < -0.4 is 5.32 Å². The molecule has 0 saturated carbocycles. The van der Waals surface area contributed by atoms with Crippen LogP contribution in [0.2, 0.25) is 0 Å². The first kappa shape index (κ1) is 20.7. The van der Waals surface area contributed by atoms with E-state index in [0.29, 0.717) is 18.8 Å². The molecule has 1 fully saturated rings. The van der Waals surface area contributed by atoms with Crippen molar-refractivity contribution in [3.05, 3.63) is 64.3 Å². The minimum Gasteiger partial charge on any atom is -0.354 e. The number of aromatic nitrogens is 2. The van der Waals surface area contributed by atoms with Crippen LogP contribution in [0.4, 0.5) is 0 Å². The zero-order valence-electron chi connectivity index (χ0n) is 18.3. The normalized spacial score (nSPS) is 16.6. The minimum absolute atomic E-state index is 0.0348. The monoisotopic (exact) mass is 446 g/mol. The van der Waals surface area contributed by atoms with Crippen molar-refractivity contribution in [3.63, 3.8) is 0 Å². The Labute approximate surface area is 190 Å². The number of nitrogens with one attached hydrogen (secondary N) is 2. The van der Waals surface area contributed by atoms with Crippen molar-refractivity contribution >= 4 is 44.3 Å². The number of hydrogen-bond donors (Lipinski definition) is 2. The molecule has 6 nitrogen and oxygen atoms in total. The minimum atomic E-state index is -0.0671. The van der Waals surface area contributed by atoms with E-state index in [1.807, 2.05) is 42.2 Å². The van der Waals surface area contributed by atoms with Gasteiger partial charge in [0.1, 0.15) is 0 Å². The van der Waals surface area contributed by atoms with E-state index in [9.17, 15) is 9.59 Å². The molecule has 2 aromatic carbocycles. The van der Waals surface area contributed by atoms with Gasteiger partial charge < -0.3 is 15.2 Å². The van der Waals surface area contributed by atoms with Gasteiger partial charge in [-0.1, -0.05) is 24.3 Å². The Kier molecular flexibility index (Phi) is 5.43. The first-order valence-electron chi connectivity index (χ1n) is 11.0. The number of rotatable bonds is 4. The number of H-pyrrole nitrogens is 1. The van der Waals surface area contributed by atoms with Crippen molar-refractivity contribution in [2.75, 3.05) is 13.6 Å². The Morgan fingerprint density at radius 2 is 2.06 bits per heavy atom. The molecule has 2 amide bonds. The van der Waals surface area contributed by atoms with Gasteiger partial charge in [-0.25, -0.2) is 4.98 Å². The fourth-order valence-electron chi connectivity index (χ4n) is 4.67. The molecule has 3 heterocycles. The third-order valence-corrected chi connectivity index (χ3v) is 7.51. The third-order valence-electron chi connectivity index (χ3n) is 6.30. The van der Waals surface area contributed by atoms with Gasteiger partial charge in [0, 0.05) is 24.3 Å². The van der Waals surface area contributed by atoms with Gasteiger partial charge in [0.25, 0.3) is 11.8 Å². The standard InChI is InChI=1S/C25H26N4O2S/c1-15-10-11-19-20(13-15)28-23(27-19)25(31)29-12-6-5-7-16(29)14-18-17-8-3-4-9-21(17)32-22(18)24(30)26-2/h3-4,8-11,13,16H,5-7,12,14H2,1-2H3,(H,26,30)(H,27,28). The maximum atomic E-state index is 13.5. The van der Waals surface area contributed by atoms with Gasteiger partial charge in [-0.15, -0.1) is 11.3 Å². The van der Waals surface area contributed by atoms with Crippen molar-refractivity contribution in [2.24, 2.45) is 0 Å². The van der Waals surface area contributed by atoms with Gasteiger partial charge in [-0.2, -0.15) is 0 Å². The van der Waals surface area contributed by atoms with Crippen molar-refractivity contribution in [1.29, 1.82) is 0 Å². The summed E-state index contributed by atoms with van der Waals surface area (Å²) in [7, 11) is 1.66. The second kappa shape index (κ2) is 8.39. The van der Waals surface area contributed by atoms with E-state index in [-0.39, 0.29) is 17.9 Å². The Balaban J connectivity index is 1.49. The van der Waals surface area contributed by atoms with Crippen LogP contribution in [0.15, 0.2) is 42.5 Å². The summed E-state index contributed by atoms with van der Waals surface area (Å²) >= 11 is 1.52. The van der Waals surface area contributed by atoms with Crippen LogP contribution >= 0.6 is 11.3 Å². The van der Waals surface area contributed by atoms with E-state index in [2.05, 4.69) is 27.4 Å². The highest BCUT2D eigenvalue weighted by atomic mass is 32.1. The van der Waals surface area contributed by atoms with Crippen molar-refractivity contribution < 1.29 is 9.59 Å². The lowest BCUT2D eigenvalue weighted by molar-refractivity contribution is 0.0602. The Morgan fingerprint density at radius 1 is 1.22 bits per heavy atom. The van der Waals surface area contributed by atoms with Gasteiger partial charge in [0.2, 0.25) is 0 Å². The SMILES string of the molecule is CNC(=O)c1sc2ccccc2c1CC1CCCCN1C(=O)c1nc2ccc(C)cc2[nH]1. The fraction of sp³-hybridized carbons (Fsp3) is 0.320. The van der Waals surface area contributed by atoms with Crippen molar-refractivity contribution in [3.8, 4) is 0 Å². The van der Waals surface area contributed by atoms with Crippen molar-refractivity contribution in [1.82, 2.24) is 20.2 Å². The molecule has 7 heteroatoms. The molecule has 1 atom stereocenters. The number of nitrogens with zero attached hydrogens (tertiary/aromatic N) is 2. The number of piperidine rings is 1. The zero-order valence-corrected chi connectivity index (χ0v) is 19.1. The highest BCUT2D eigenvalue weighted by Crippen LogP contribution is 2.34. The third kappa shape index (κ3) is 3.66. The molecule has 1 saturated heterocycles. The van der Waals surface area contributed by atoms with Crippen LogP contribution in [0, 0.1) is 6.92 Å². The number of aryl methyl sites for hydroxylation is 1. The molecule has 1 unspecified atom stereocenters. The maximum Gasteiger partial charge on any atom is 0.289 e. The van der Waals surface area contributed by atoms with Crippen LogP contribution in [0.25, 0.3) is 21.1 Å². The smallest absolute Gasteiger partial charge is 0.289 e.